The Labute approximate surface area is 118 Å². The molecule has 1 saturated heterocycles. The minimum Gasteiger partial charge on any atom is -0.481 e. The van der Waals surface area contributed by atoms with E-state index in [-0.39, 0.29) is 24.2 Å². The lowest BCUT2D eigenvalue weighted by molar-refractivity contribution is -0.139. The van der Waals surface area contributed by atoms with E-state index in [9.17, 15) is 9.59 Å². The number of thioether (sulfide) groups is 1. The number of nitrogens with one attached hydrogen (secondary N) is 1. The Hall–Kier alpha value is -0.750. The molecule has 1 rings (SSSR count). The Balaban J connectivity index is 2.49. The molecule has 0 saturated carbocycles. The standard InChI is InChI=1S/C13H23NO4S/c1-3-4-7-19-10(2)12(17)14-13(8-11(15)16)5-6-18-9-13/h10H,3-9H2,1-2H3,(H,14,17)(H,15,16). The molecule has 2 unspecified atom stereocenters. The van der Waals surface area contributed by atoms with E-state index in [4.69, 9.17) is 9.84 Å². The summed E-state index contributed by atoms with van der Waals surface area (Å²) in [5.74, 6) is -0.0435. The van der Waals surface area contributed by atoms with Crippen LogP contribution >= 0.6 is 11.8 Å². The number of hydrogen-bond acceptors (Lipinski definition) is 4. The van der Waals surface area contributed by atoms with Gasteiger partial charge < -0.3 is 15.2 Å². The molecule has 1 aliphatic heterocycles. The molecule has 6 heteroatoms. The van der Waals surface area contributed by atoms with Crippen molar-refractivity contribution in [3.63, 3.8) is 0 Å². The number of carbonyl (C=O) groups is 2. The van der Waals surface area contributed by atoms with Gasteiger partial charge in [-0.3, -0.25) is 9.59 Å². The first-order chi connectivity index (χ1) is 8.99. The minimum absolute atomic E-state index is 0.0783. The first kappa shape index (κ1) is 16.3. The summed E-state index contributed by atoms with van der Waals surface area (Å²) < 4.78 is 5.26. The molecule has 1 fully saturated rings. The van der Waals surface area contributed by atoms with Crippen LogP contribution in [0, 0.1) is 0 Å². The smallest absolute Gasteiger partial charge is 0.305 e. The average Bonchev–Trinajstić information content (AvgIpc) is 2.76. The zero-order valence-electron chi connectivity index (χ0n) is 11.6. The highest BCUT2D eigenvalue weighted by Gasteiger charge is 2.39. The number of carbonyl (C=O) groups excluding carboxylic acids is 1. The third kappa shape index (κ3) is 5.40. The first-order valence-corrected chi connectivity index (χ1v) is 7.77. The fourth-order valence-electron chi connectivity index (χ4n) is 2.02. The number of unbranched alkanes of at least 4 members (excludes halogenated alkanes) is 1. The maximum atomic E-state index is 12.1. The van der Waals surface area contributed by atoms with Crippen molar-refractivity contribution in [3.8, 4) is 0 Å². The van der Waals surface area contributed by atoms with Gasteiger partial charge in [0.15, 0.2) is 0 Å². The summed E-state index contributed by atoms with van der Waals surface area (Å²) in [6.45, 7) is 4.77. The third-order valence-electron chi connectivity index (χ3n) is 3.22. The van der Waals surface area contributed by atoms with E-state index in [1.54, 1.807) is 11.8 Å². The Morgan fingerprint density at radius 2 is 2.26 bits per heavy atom. The lowest BCUT2D eigenvalue weighted by Gasteiger charge is -2.28. The van der Waals surface area contributed by atoms with Crippen molar-refractivity contribution in [2.45, 2.75) is 50.3 Å². The van der Waals surface area contributed by atoms with Gasteiger partial charge >= 0.3 is 5.97 Å². The van der Waals surface area contributed by atoms with Crippen molar-refractivity contribution in [2.24, 2.45) is 0 Å². The second-order valence-electron chi connectivity index (χ2n) is 5.01. The lowest BCUT2D eigenvalue weighted by Crippen LogP contribution is -2.52. The van der Waals surface area contributed by atoms with E-state index in [0.717, 1.165) is 18.6 Å². The lowest BCUT2D eigenvalue weighted by atomic mass is 9.94. The van der Waals surface area contributed by atoms with Gasteiger partial charge in [-0.25, -0.2) is 0 Å². The minimum atomic E-state index is -0.905. The van der Waals surface area contributed by atoms with Crippen molar-refractivity contribution < 1.29 is 19.4 Å². The van der Waals surface area contributed by atoms with E-state index in [2.05, 4.69) is 12.2 Å². The highest BCUT2D eigenvalue weighted by molar-refractivity contribution is 8.00. The molecule has 5 nitrogen and oxygen atoms in total. The number of carboxylic acids is 1. The molecule has 2 N–H and O–H groups in total. The topological polar surface area (TPSA) is 75.6 Å². The summed E-state index contributed by atoms with van der Waals surface area (Å²) in [6, 6.07) is 0. The van der Waals surface area contributed by atoms with Crippen molar-refractivity contribution in [2.75, 3.05) is 19.0 Å². The normalized spacial score (nSPS) is 24.1. The third-order valence-corrected chi connectivity index (χ3v) is 4.45. The molecule has 1 heterocycles. The van der Waals surface area contributed by atoms with Gasteiger partial charge in [0.25, 0.3) is 0 Å². The Morgan fingerprint density at radius 1 is 1.53 bits per heavy atom. The van der Waals surface area contributed by atoms with Gasteiger partial charge in [-0.2, -0.15) is 0 Å². The summed E-state index contributed by atoms with van der Waals surface area (Å²) in [5.41, 5.74) is -0.720. The second-order valence-corrected chi connectivity index (χ2v) is 6.46. The molecule has 1 aliphatic rings. The Bertz CT molecular complexity index is 316. The van der Waals surface area contributed by atoms with E-state index >= 15 is 0 Å². The van der Waals surface area contributed by atoms with Crippen LogP contribution in [0.2, 0.25) is 0 Å². The van der Waals surface area contributed by atoms with Gasteiger partial charge in [-0.1, -0.05) is 13.3 Å². The van der Waals surface area contributed by atoms with Crippen LogP contribution in [0.3, 0.4) is 0 Å². The number of carboxylic acid groups (broad SMARTS) is 1. The predicted octanol–water partition coefficient (Wildman–Crippen LogP) is 1.66. The Kier molecular flexibility index (Phi) is 6.65. The van der Waals surface area contributed by atoms with Gasteiger partial charge in [-0.15, -0.1) is 11.8 Å². The van der Waals surface area contributed by atoms with E-state index < -0.39 is 11.5 Å². The van der Waals surface area contributed by atoms with E-state index in [1.807, 2.05) is 6.92 Å². The molecule has 0 aliphatic carbocycles. The monoisotopic (exact) mass is 289 g/mol. The summed E-state index contributed by atoms with van der Waals surface area (Å²) in [6.07, 6.45) is 2.69. The second kappa shape index (κ2) is 7.75. The van der Waals surface area contributed by atoms with E-state index in [0.29, 0.717) is 13.0 Å². The van der Waals surface area contributed by atoms with E-state index in [1.165, 1.54) is 0 Å². The molecule has 0 spiro atoms. The highest BCUT2D eigenvalue weighted by Crippen LogP contribution is 2.24. The number of rotatable bonds is 8. The van der Waals surface area contributed by atoms with Crippen LogP contribution in [0.4, 0.5) is 0 Å². The van der Waals surface area contributed by atoms with Crippen molar-refractivity contribution >= 4 is 23.6 Å². The molecule has 0 radical (unpaired) electrons. The maximum absolute atomic E-state index is 12.1. The maximum Gasteiger partial charge on any atom is 0.305 e. The average molecular weight is 289 g/mol. The van der Waals surface area contributed by atoms with Crippen LogP contribution in [0.1, 0.15) is 39.5 Å². The van der Waals surface area contributed by atoms with Crippen LogP contribution < -0.4 is 5.32 Å². The summed E-state index contributed by atoms with van der Waals surface area (Å²) >= 11 is 1.61. The van der Waals surface area contributed by atoms with Crippen molar-refractivity contribution in [1.82, 2.24) is 5.32 Å². The molecule has 0 aromatic heterocycles. The molecule has 2 atom stereocenters. The number of ether oxygens (including phenoxy) is 1. The molecule has 1 amide bonds. The molecule has 0 aromatic carbocycles. The van der Waals surface area contributed by atoms with Gasteiger partial charge in [0, 0.05) is 6.61 Å². The molecular formula is C13H23NO4S. The van der Waals surface area contributed by atoms with Gasteiger partial charge in [-0.05, 0) is 25.5 Å². The van der Waals surface area contributed by atoms with Crippen LogP contribution in [-0.4, -0.2) is 46.7 Å². The molecule has 110 valence electrons. The molecule has 19 heavy (non-hydrogen) atoms. The zero-order chi connectivity index (χ0) is 14.3. The Morgan fingerprint density at radius 3 is 2.79 bits per heavy atom. The first-order valence-electron chi connectivity index (χ1n) is 6.72. The fraction of sp³-hybridized carbons (Fsp3) is 0.846. The summed E-state index contributed by atoms with van der Waals surface area (Å²) in [4.78, 5) is 23.0. The van der Waals surface area contributed by atoms with Gasteiger partial charge in [0.2, 0.25) is 5.91 Å². The molecule has 0 aromatic rings. The highest BCUT2D eigenvalue weighted by atomic mass is 32.2. The largest absolute Gasteiger partial charge is 0.481 e. The summed E-state index contributed by atoms with van der Waals surface area (Å²) in [5, 5.41) is 11.7. The SMILES string of the molecule is CCCCSC(C)C(=O)NC1(CC(=O)O)CCOC1. The van der Waals surface area contributed by atoms with Crippen LogP contribution in [0.15, 0.2) is 0 Å². The fourth-order valence-corrected chi connectivity index (χ4v) is 3.04. The van der Waals surface area contributed by atoms with Crippen LogP contribution in [0.25, 0.3) is 0 Å². The predicted molar refractivity (Wildman–Crippen MR) is 75.4 cm³/mol. The molecular weight excluding hydrogens is 266 g/mol. The van der Waals surface area contributed by atoms with Crippen molar-refractivity contribution in [1.29, 1.82) is 0 Å². The van der Waals surface area contributed by atoms with Crippen molar-refractivity contribution in [3.05, 3.63) is 0 Å². The van der Waals surface area contributed by atoms with Crippen LogP contribution in [-0.2, 0) is 14.3 Å². The summed E-state index contributed by atoms with van der Waals surface area (Å²) in [7, 11) is 0. The number of amides is 1. The van der Waals surface area contributed by atoms with Crippen LogP contribution in [0.5, 0.6) is 0 Å². The number of aliphatic carboxylic acids is 1. The zero-order valence-corrected chi connectivity index (χ0v) is 12.4. The van der Waals surface area contributed by atoms with Gasteiger partial charge in [0.1, 0.15) is 0 Å². The number of hydrogen-bond donors (Lipinski definition) is 2. The molecule has 0 bridgehead atoms. The van der Waals surface area contributed by atoms with Gasteiger partial charge in [0.05, 0.1) is 23.8 Å². The quantitative estimate of drug-likeness (QED) is 0.665.